The molecule has 6 heteroatoms. The predicted molar refractivity (Wildman–Crippen MR) is 74.9 cm³/mol. The van der Waals surface area contributed by atoms with Crippen LogP contribution in [0.2, 0.25) is 0 Å². The Morgan fingerprint density at radius 3 is 2.65 bits per heavy atom. The zero-order chi connectivity index (χ0) is 15.3. The van der Waals surface area contributed by atoms with Gasteiger partial charge in [-0.05, 0) is 19.9 Å². The van der Waals surface area contributed by atoms with E-state index in [-0.39, 0.29) is 18.2 Å². The van der Waals surface area contributed by atoms with E-state index < -0.39 is 5.60 Å². The molecule has 112 valence electrons. The quantitative estimate of drug-likeness (QED) is 0.723. The topological polar surface area (TPSA) is 80.6 Å². The lowest BCUT2D eigenvalue weighted by Crippen LogP contribution is -2.41. The van der Waals surface area contributed by atoms with Crippen molar-refractivity contribution in [3.05, 3.63) is 23.5 Å². The minimum atomic E-state index is -1.03. The Balaban J connectivity index is 2.65. The SMILES string of the molecule is COCCC(C)(O)CNC(=O)c1cc(C(C)=O)cn1C. The molecule has 0 fully saturated rings. The third-order valence-electron chi connectivity index (χ3n) is 3.12. The van der Waals surface area contributed by atoms with E-state index in [1.165, 1.54) is 6.92 Å². The maximum absolute atomic E-state index is 12.0. The molecule has 1 rings (SSSR count). The highest BCUT2D eigenvalue weighted by Crippen LogP contribution is 2.10. The lowest BCUT2D eigenvalue weighted by atomic mass is 10.0. The van der Waals surface area contributed by atoms with Crippen molar-refractivity contribution < 1.29 is 19.4 Å². The summed E-state index contributed by atoms with van der Waals surface area (Å²) in [6.45, 7) is 3.63. The molecule has 0 saturated heterocycles. The van der Waals surface area contributed by atoms with Crippen LogP contribution in [0.1, 0.15) is 41.1 Å². The molecular formula is C14H22N2O4. The molecule has 1 amide bonds. The fourth-order valence-corrected chi connectivity index (χ4v) is 1.75. The number of hydrogen-bond acceptors (Lipinski definition) is 4. The van der Waals surface area contributed by atoms with Crippen molar-refractivity contribution in [2.45, 2.75) is 25.9 Å². The number of carbonyl (C=O) groups excluding carboxylic acids is 2. The van der Waals surface area contributed by atoms with Gasteiger partial charge in [-0.3, -0.25) is 9.59 Å². The number of nitrogens with one attached hydrogen (secondary N) is 1. The van der Waals surface area contributed by atoms with Gasteiger partial charge >= 0.3 is 0 Å². The number of hydrogen-bond donors (Lipinski definition) is 2. The third kappa shape index (κ3) is 4.47. The summed E-state index contributed by atoms with van der Waals surface area (Å²) in [4.78, 5) is 23.3. The first-order valence-corrected chi connectivity index (χ1v) is 6.43. The second-order valence-electron chi connectivity index (χ2n) is 5.20. The number of nitrogens with zero attached hydrogens (tertiary/aromatic N) is 1. The second-order valence-corrected chi connectivity index (χ2v) is 5.20. The molecule has 2 N–H and O–H groups in total. The molecule has 0 aliphatic rings. The van der Waals surface area contributed by atoms with E-state index in [0.717, 1.165) is 0 Å². The number of methoxy groups -OCH3 is 1. The van der Waals surface area contributed by atoms with Gasteiger partial charge in [0.2, 0.25) is 0 Å². The van der Waals surface area contributed by atoms with Gasteiger partial charge < -0.3 is 19.7 Å². The summed E-state index contributed by atoms with van der Waals surface area (Å²) in [7, 11) is 3.26. The summed E-state index contributed by atoms with van der Waals surface area (Å²) in [5.41, 5.74) is -0.151. The number of amides is 1. The van der Waals surface area contributed by atoms with Gasteiger partial charge in [-0.15, -0.1) is 0 Å². The first-order valence-electron chi connectivity index (χ1n) is 6.43. The average Bonchev–Trinajstić information content (AvgIpc) is 2.76. The van der Waals surface area contributed by atoms with E-state index in [1.807, 2.05) is 0 Å². The number of ketones is 1. The number of rotatable bonds is 7. The smallest absolute Gasteiger partial charge is 0.268 e. The number of Topliss-reactive ketones (excluding diaryl/α,β-unsaturated/α-hetero) is 1. The third-order valence-corrected chi connectivity index (χ3v) is 3.12. The second kappa shape index (κ2) is 6.67. The Morgan fingerprint density at radius 1 is 1.50 bits per heavy atom. The molecule has 0 aromatic carbocycles. The van der Waals surface area contributed by atoms with Crippen LogP contribution in [0.4, 0.5) is 0 Å². The van der Waals surface area contributed by atoms with Gasteiger partial charge in [0.25, 0.3) is 5.91 Å². The van der Waals surface area contributed by atoms with Crippen LogP contribution >= 0.6 is 0 Å². The largest absolute Gasteiger partial charge is 0.388 e. The fraction of sp³-hybridized carbons (Fsp3) is 0.571. The summed E-state index contributed by atoms with van der Waals surface area (Å²) in [5.74, 6) is -0.413. The van der Waals surface area contributed by atoms with E-state index in [2.05, 4.69) is 5.32 Å². The predicted octanol–water partition coefficient (Wildman–Crippen LogP) is 0.745. The molecule has 0 saturated carbocycles. The highest BCUT2D eigenvalue weighted by Gasteiger charge is 2.22. The van der Waals surface area contributed by atoms with E-state index in [1.54, 1.807) is 37.9 Å². The van der Waals surface area contributed by atoms with Crippen LogP contribution in [0.25, 0.3) is 0 Å². The van der Waals surface area contributed by atoms with Gasteiger partial charge in [-0.1, -0.05) is 0 Å². The molecule has 0 aliphatic carbocycles. The first-order chi connectivity index (χ1) is 9.26. The van der Waals surface area contributed by atoms with Gasteiger partial charge in [0, 0.05) is 45.5 Å². The molecule has 0 radical (unpaired) electrons. The summed E-state index contributed by atoms with van der Waals surface area (Å²) in [6.07, 6.45) is 2.04. The van der Waals surface area contributed by atoms with Crippen molar-refractivity contribution in [1.82, 2.24) is 9.88 Å². The Labute approximate surface area is 118 Å². The Morgan fingerprint density at radius 2 is 2.15 bits per heavy atom. The summed E-state index contributed by atoms with van der Waals surface area (Å²) >= 11 is 0. The van der Waals surface area contributed by atoms with Crippen molar-refractivity contribution in [2.75, 3.05) is 20.3 Å². The lowest BCUT2D eigenvalue weighted by Gasteiger charge is -2.23. The van der Waals surface area contributed by atoms with Crippen molar-refractivity contribution in [3.8, 4) is 0 Å². The van der Waals surface area contributed by atoms with Crippen LogP contribution in [-0.2, 0) is 11.8 Å². The maximum Gasteiger partial charge on any atom is 0.268 e. The van der Waals surface area contributed by atoms with Crippen LogP contribution in [0.15, 0.2) is 12.3 Å². The summed E-state index contributed by atoms with van der Waals surface area (Å²) in [5, 5.41) is 12.7. The van der Waals surface area contributed by atoms with E-state index in [0.29, 0.717) is 24.3 Å². The van der Waals surface area contributed by atoms with Crippen molar-refractivity contribution in [2.24, 2.45) is 7.05 Å². The van der Waals surface area contributed by atoms with Crippen molar-refractivity contribution in [3.63, 3.8) is 0 Å². The van der Waals surface area contributed by atoms with E-state index in [4.69, 9.17) is 4.74 Å². The molecule has 20 heavy (non-hydrogen) atoms. The normalized spacial score (nSPS) is 13.8. The summed E-state index contributed by atoms with van der Waals surface area (Å²) < 4.78 is 6.50. The highest BCUT2D eigenvalue weighted by molar-refractivity contribution is 5.99. The molecule has 1 atom stereocenters. The standard InChI is InChI=1S/C14H22N2O4/c1-10(17)11-7-12(16(3)8-11)13(18)15-9-14(2,19)5-6-20-4/h7-8,19H,5-6,9H2,1-4H3,(H,15,18). The van der Waals surface area contributed by atoms with Crippen molar-refractivity contribution in [1.29, 1.82) is 0 Å². The van der Waals surface area contributed by atoms with E-state index in [9.17, 15) is 14.7 Å². The summed E-state index contributed by atoms with van der Waals surface area (Å²) in [6, 6.07) is 1.54. The van der Waals surface area contributed by atoms with Crippen molar-refractivity contribution >= 4 is 11.7 Å². The van der Waals surface area contributed by atoms with Gasteiger partial charge in [0.15, 0.2) is 5.78 Å². The molecule has 0 aliphatic heterocycles. The van der Waals surface area contributed by atoms with Gasteiger partial charge in [-0.2, -0.15) is 0 Å². The number of aryl methyl sites for hydroxylation is 1. The zero-order valence-electron chi connectivity index (χ0n) is 12.4. The molecule has 6 nitrogen and oxygen atoms in total. The molecule has 1 aromatic rings. The Kier molecular flexibility index (Phi) is 5.47. The molecular weight excluding hydrogens is 260 g/mol. The number of aromatic nitrogens is 1. The van der Waals surface area contributed by atoms with Crippen LogP contribution in [0.3, 0.4) is 0 Å². The monoisotopic (exact) mass is 282 g/mol. The number of carbonyl (C=O) groups is 2. The minimum absolute atomic E-state index is 0.0910. The van der Waals surface area contributed by atoms with Crippen LogP contribution in [-0.4, -0.2) is 47.2 Å². The Bertz CT molecular complexity index is 491. The zero-order valence-corrected chi connectivity index (χ0v) is 12.4. The number of ether oxygens (including phenoxy) is 1. The van der Waals surface area contributed by atoms with Crippen LogP contribution < -0.4 is 5.32 Å². The van der Waals surface area contributed by atoms with Crippen LogP contribution in [0.5, 0.6) is 0 Å². The van der Waals surface area contributed by atoms with Gasteiger partial charge in [0.05, 0.1) is 5.60 Å². The first kappa shape index (κ1) is 16.4. The number of aliphatic hydroxyl groups is 1. The molecule has 0 spiro atoms. The molecule has 1 aromatic heterocycles. The molecule has 0 bridgehead atoms. The average molecular weight is 282 g/mol. The van der Waals surface area contributed by atoms with Crippen LogP contribution in [0, 0.1) is 0 Å². The molecule has 1 unspecified atom stereocenters. The van der Waals surface area contributed by atoms with Gasteiger partial charge in [0.1, 0.15) is 5.69 Å². The van der Waals surface area contributed by atoms with E-state index >= 15 is 0 Å². The lowest BCUT2D eigenvalue weighted by molar-refractivity contribution is 0.0242. The highest BCUT2D eigenvalue weighted by atomic mass is 16.5. The fourth-order valence-electron chi connectivity index (χ4n) is 1.75. The van der Waals surface area contributed by atoms with Gasteiger partial charge in [-0.25, -0.2) is 0 Å². The maximum atomic E-state index is 12.0. The Hall–Kier alpha value is -1.66. The molecule has 1 heterocycles. The minimum Gasteiger partial charge on any atom is -0.388 e.